The number of esters is 2. The van der Waals surface area contributed by atoms with Crippen LogP contribution in [-0.2, 0) is 9.47 Å². The Hall–Kier alpha value is -0.560. The van der Waals surface area contributed by atoms with Crippen LogP contribution in [-0.4, -0.2) is 34.4 Å². The Morgan fingerprint density at radius 1 is 1.33 bits per heavy atom. The van der Waals surface area contributed by atoms with Crippen molar-refractivity contribution < 1.29 is 19.1 Å². The number of carbonyl (C=O) groups is 2. The highest BCUT2D eigenvalue weighted by molar-refractivity contribution is 7.13. The van der Waals surface area contributed by atoms with Gasteiger partial charge in [0.25, 0.3) is 0 Å². The van der Waals surface area contributed by atoms with Crippen molar-refractivity contribution in [2.24, 2.45) is 0 Å². The number of hydrogen-bond donors (Lipinski definition) is 0. The number of alkyl halides is 3. The van der Waals surface area contributed by atoms with Gasteiger partial charge < -0.3 is 9.47 Å². The van der Waals surface area contributed by atoms with Crippen molar-refractivity contribution in [3.05, 3.63) is 15.6 Å². The molecule has 1 rings (SSSR count). The van der Waals surface area contributed by atoms with Gasteiger partial charge in [-0.2, -0.15) is 0 Å². The highest BCUT2D eigenvalue weighted by Crippen LogP contribution is 2.27. The second-order valence-corrected chi connectivity index (χ2v) is 6.83. The molecule has 9 heteroatoms. The quantitative estimate of drug-likeness (QED) is 0.629. The van der Waals surface area contributed by atoms with Crippen molar-refractivity contribution in [3.63, 3.8) is 0 Å². The maximum atomic E-state index is 11.6. The van der Waals surface area contributed by atoms with Crippen LogP contribution < -0.4 is 0 Å². The first kappa shape index (κ1) is 15.5. The molecule has 0 amide bonds. The smallest absolute Gasteiger partial charge is 0.367 e. The summed E-state index contributed by atoms with van der Waals surface area (Å²) in [6.07, 6.45) is 0. The van der Waals surface area contributed by atoms with Gasteiger partial charge in [-0.1, -0.05) is 34.8 Å². The van der Waals surface area contributed by atoms with Gasteiger partial charge in [-0.3, -0.25) is 0 Å². The van der Waals surface area contributed by atoms with Crippen molar-refractivity contribution in [3.8, 4) is 0 Å². The molecule has 0 unspecified atom stereocenters. The van der Waals surface area contributed by atoms with Crippen molar-refractivity contribution in [1.29, 1.82) is 0 Å². The number of carbonyl (C=O) groups excluding carboxylic acids is 2. The molecule has 0 bridgehead atoms. The van der Waals surface area contributed by atoms with Crippen molar-refractivity contribution in [2.45, 2.75) is 10.7 Å². The van der Waals surface area contributed by atoms with Gasteiger partial charge in [0.05, 0.1) is 7.11 Å². The lowest BCUT2D eigenvalue weighted by atomic mass is 10.4. The lowest BCUT2D eigenvalue weighted by Gasteiger charge is -2.10. The number of aromatic nitrogens is 1. The van der Waals surface area contributed by atoms with E-state index in [-0.39, 0.29) is 10.7 Å². The number of halogens is 3. The molecule has 0 aromatic carbocycles. The summed E-state index contributed by atoms with van der Waals surface area (Å²) >= 11 is 17.4. The average molecular weight is 333 g/mol. The van der Waals surface area contributed by atoms with E-state index in [9.17, 15) is 9.59 Å². The highest BCUT2D eigenvalue weighted by Gasteiger charge is 2.25. The zero-order chi connectivity index (χ0) is 13.9. The summed E-state index contributed by atoms with van der Waals surface area (Å²) in [6.45, 7) is 1.22. The lowest BCUT2D eigenvalue weighted by Crippen LogP contribution is -2.18. The van der Waals surface area contributed by atoms with Crippen LogP contribution in [0.2, 0.25) is 0 Å². The van der Waals surface area contributed by atoms with Crippen LogP contribution in [0.15, 0.2) is 0 Å². The van der Waals surface area contributed by atoms with E-state index in [0.717, 1.165) is 11.3 Å². The molecule has 0 N–H and O–H groups in total. The van der Waals surface area contributed by atoms with E-state index in [1.54, 1.807) is 6.92 Å². The van der Waals surface area contributed by atoms with Crippen LogP contribution in [0.5, 0.6) is 0 Å². The molecule has 0 aliphatic heterocycles. The molecule has 0 fully saturated rings. The Morgan fingerprint density at radius 2 is 1.94 bits per heavy atom. The van der Waals surface area contributed by atoms with Crippen LogP contribution in [0.3, 0.4) is 0 Å². The van der Waals surface area contributed by atoms with E-state index >= 15 is 0 Å². The number of nitrogens with zero attached hydrogens (tertiary/aromatic N) is 1. The van der Waals surface area contributed by atoms with Crippen LogP contribution in [0.4, 0.5) is 0 Å². The first-order chi connectivity index (χ1) is 8.24. The van der Waals surface area contributed by atoms with Gasteiger partial charge in [0, 0.05) is 4.88 Å². The van der Waals surface area contributed by atoms with Crippen molar-refractivity contribution in [1.82, 2.24) is 4.98 Å². The molecule has 0 aliphatic rings. The standard InChI is InChI=1S/C9H8Cl3NO4S/c1-4-5(7(14)17-3-9(10,11)12)13-6(18-4)8(15)16-2/h3H2,1-2H3. The fourth-order valence-corrected chi connectivity index (χ4v) is 1.96. The highest BCUT2D eigenvalue weighted by atomic mass is 35.6. The largest absolute Gasteiger partial charge is 0.464 e. The molecule has 5 nitrogen and oxygen atoms in total. The number of methoxy groups -OCH3 is 1. The van der Waals surface area contributed by atoms with Crippen LogP contribution in [0.1, 0.15) is 25.2 Å². The Balaban J connectivity index is 2.80. The third kappa shape index (κ3) is 4.28. The molecule has 1 aromatic rings. The SMILES string of the molecule is COC(=O)c1nc(C(=O)OCC(Cl)(Cl)Cl)c(C)s1. The first-order valence-corrected chi connectivity index (χ1v) is 6.49. The van der Waals surface area contributed by atoms with E-state index in [2.05, 4.69) is 9.72 Å². The third-order valence-electron chi connectivity index (χ3n) is 1.72. The minimum atomic E-state index is -1.69. The Bertz CT molecular complexity index is 469. The maximum absolute atomic E-state index is 11.6. The van der Waals surface area contributed by atoms with Gasteiger partial charge >= 0.3 is 11.9 Å². The van der Waals surface area contributed by atoms with E-state index < -0.39 is 22.3 Å². The summed E-state index contributed by atoms with van der Waals surface area (Å²) in [7, 11) is 1.22. The zero-order valence-electron chi connectivity index (χ0n) is 9.33. The monoisotopic (exact) mass is 331 g/mol. The van der Waals surface area contributed by atoms with Crippen molar-refractivity contribution >= 4 is 58.1 Å². The summed E-state index contributed by atoms with van der Waals surface area (Å²) in [4.78, 5) is 27.2. The van der Waals surface area contributed by atoms with E-state index in [1.165, 1.54) is 7.11 Å². The molecule has 0 saturated carbocycles. The number of hydrogen-bond acceptors (Lipinski definition) is 6. The predicted octanol–water partition coefficient (Wildman–Crippen LogP) is 2.77. The zero-order valence-corrected chi connectivity index (χ0v) is 12.4. The molecular formula is C9H8Cl3NO4S. The lowest BCUT2D eigenvalue weighted by molar-refractivity contribution is 0.0505. The molecule has 0 spiro atoms. The molecule has 1 aromatic heterocycles. The average Bonchev–Trinajstić information content (AvgIpc) is 2.66. The van der Waals surface area contributed by atoms with Gasteiger partial charge in [-0.05, 0) is 6.92 Å². The topological polar surface area (TPSA) is 65.5 Å². The predicted molar refractivity (Wildman–Crippen MR) is 68.8 cm³/mol. The van der Waals surface area contributed by atoms with E-state index in [1.807, 2.05) is 0 Å². The Kier molecular flexibility index (Phi) is 5.21. The van der Waals surface area contributed by atoms with Crippen LogP contribution >= 0.6 is 46.1 Å². The van der Waals surface area contributed by atoms with E-state index in [0.29, 0.717) is 4.88 Å². The summed E-state index contributed by atoms with van der Waals surface area (Å²) in [5.41, 5.74) is 0.00894. The summed E-state index contributed by atoms with van der Waals surface area (Å²) in [6, 6.07) is 0. The summed E-state index contributed by atoms with van der Waals surface area (Å²) in [5, 5.41) is 0.0656. The second kappa shape index (κ2) is 6.06. The van der Waals surface area contributed by atoms with Crippen molar-refractivity contribution in [2.75, 3.05) is 13.7 Å². The number of aryl methyl sites for hydroxylation is 1. The molecule has 1 heterocycles. The minimum absolute atomic E-state index is 0.00894. The third-order valence-corrected chi connectivity index (χ3v) is 3.00. The van der Waals surface area contributed by atoms with Gasteiger partial charge in [0.2, 0.25) is 8.80 Å². The molecule has 0 saturated heterocycles. The molecule has 0 atom stereocenters. The summed E-state index contributed by atoms with van der Waals surface area (Å²) in [5.74, 6) is -1.38. The second-order valence-electron chi connectivity index (χ2n) is 3.11. The first-order valence-electron chi connectivity index (χ1n) is 4.54. The van der Waals surface area contributed by atoms with Crippen LogP contribution in [0, 0.1) is 6.92 Å². The minimum Gasteiger partial charge on any atom is -0.464 e. The van der Waals surface area contributed by atoms with Gasteiger partial charge in [0.1, 0.15) is 6.61 Å². The molecule has 0 radical (unpaired) electrons. The number of ether oxygens (including phenoxy) is 2. The normalized spacial score (nSPS) is 11.2. The van der Waals surface area contributed by atoms with E-state index in [4.69, 9.17) is 39.5 Å². The van der Waals surface area contributed by atoms with Gasteiger partial charge in [-0.25, -0.2) is 14.6 Å². The molecule has 100 valence electrons. The Morgan fingerprint density at radius 3 is 2.44 bits per heavy atom. The molecule has 0 aliphatic carbocycles. The van der Waals surface area contributed by atoms with Gasteiger partial charge in [-0.15, -0.1) is 11.3 Å². The summed E-state index contributed by atoms with van der Waals surface area (Å²) < 4.78 is 7.56. The number of thiazole rings is 1. The fourth-order valence-electron chi connectivity index (χ4n) is 0.976. The molecular weight excluding hydrogens is 325 g/mol. The van der Waals surface area contributed by atoms with Gasteiger partial charge in [0.15, 0.2) is 5.69 Å². The molecule has 18 heavy (non-hydrogen) atoms. The Labute approximate surface area is 122 Å². The van der Waals surface area contributed by atoms with Crippen LogP contribution in [0.25, 0.3) is 0 Å². The maximum Gasteiger partial charge on any atom is 0.367 e. The fraction of sp³-hybridized carbons (Fsp3) is 0.444. The number of rotatable bonds is 3.